The number of hydrogen-bond acceptors (Lipinski definition) is 2. The molecule has 0 atom stereocenters. The maximum atomic E-state index is 2.41. The van der Waals surface area contributed by atoms with Crippen LogP contribution in [0.1, 0.15) is 40.2 Å². The molecule has 0 radical (unpaired) electrons. The molecule has 0 saturated carbocycles. The maximum absolute atomic E-state index is 2.41. The van der Waals surface area contributed by atoms with Crippen LogP contribution in [0.15, 0.2) is 36.7 Å². The predicted molar refractivity (Wildman–Crippen MR) is 78.5 cm³/mol. The lowest BCUT2D eigenvalue weighted by molar-refractivity contribution is 0.101. The maximum Gasteiger partial charge on any atom is 0.111 e. The molecule has 2 heteroatoms. The summed E-state index contributed by atoms with van der Waals surface area (Å²) in [6.07, 6.45) is 4.39. The summed E-state index contributed by atoms with van der Waals surface area (Å²) in [5.74, 6) is 0. The molecule has 0 aliphatic carbocycles. The second-order valence-corrected chi connectivity index (χ2v) is 6.49. The van der Waals surface area contributed by atoms with Crippen molar-refractivity contribution in [1.29, 1.82) is 0 Å². The van der Waals surface area contributed by atoms with Gasteiger partial charge < -0.3 is 9.80 Å². The molecule has 98 valence electrons. The van der Waals surface area contributed by atoms with E-state index in [4.69, 9.17) is 0 Å². The molecular formula is C16H24N2. The Morgan fingerprint density at radius 3 is 2.11 bits per heavy atom. The van der Waals surface area contributed by atoms with Gasteiger partial charge in [-0.25, -0.2) is 0 Å². The third-order valence-corrected chi connectivity index (χ3v) is 3.64. The molecule has 1 aliphatic heterocycles. The zero-order valence-corrected chi connectivity index (χ0v) is 12.4. The van der Waals surface area contributed by atoms with Crippen molar-refractivity contribution in [3.8, 4) is 0 Å². The highest BCUT2D eigenvalue weighted by Crippen LogP contribution is 2.38. The molecule has 2 rings (SSSR count). The van der Waals surface area contributed by atoms with Gasteiger partial charge in [0, 0.05) is 23.6 Å². The fraction of sp³-hybridized carbons (Fsp3) is 0.500. The molecule has 1 heterocycles. The van der Waals surface area contributed by atoms with Gasteiger partial charge in [-0.3, -0.25) is 0 Å². The molecule has 0 saturated heterocycles. The van der Waals surface area contributed by atoms with E-state index >= 15 is 0 Å². The summed E-state index contributed by atoms with van der Waals surface area (Å²) in [5.41, 5.74) is 2.68. The normalized spacial score (nSPS) is 18.6. The van der Waals surface area contributed by atoms with Crippen LogP contribution in [0.5, 0.6) is 0 Å². The number of para-hydroxylation sites is 1. The first-order valence-electron chi connectivity index (χ1n) is 6.57. The highest BCUT2D eigenvalue weighted by Gasteiger charge is 2.40. The predicted octanol–water partition coefficient (Wildman–Crippen LogP) is 4.12. The van der Waals surface area contributed by atoms with E-state index in [1.54, 1.807) is 0 Å². The van der Waals surface area contributed by atoms with Crippen LogP contribution in [-0.4, -0.2) is 16.1 Å². The Bertz CT molecular complexity index is 466. The van der Waals surface area contributed by atoms with Crippen molar-refractivity contribution < 1.29 is 0 Å². The Balaban J connectivity index is 2.40. The number of hydrogen-bond donors (Lipinski definition) is 0. The fourth-order valence-electron chi connectivity index (χ4n) is 2.87. The molecule has 0 bridgehead atoms. The van der Waals surface area contributed by atoms with Crippen LogP contribution in [0.2, 0.25) is 0 Å². The minimum absolute atomic E-state index is 0.0373. The SMILES string of the molecule is Cc1ccccc1N1C=CN(C(C)(C)C)C1(C)C. The van der Waals surface area contributed by atoms with Gasteiger partial charge in [-0.05, 0) is 53.2 Å². The van der Waals surface area contributed by atoms with Gasteiger partial charge in [0.2, 0.25) is 0 Å². The van der Waals surface area contributed by atoms with Crippen LogP contribution in [0.3, 0.4) is 0 Å². The molecule has 2 nitrogen and oxygen atoms in total. The van der Waals surface area contributed by atoms with Crippen molar-refractivity contribution >= 4 is 5.69 Å². The Kier molecular flexibility index (Phi) is 2.92. The lowest BCUT2D eigenvalue weighted by Crippen LogP contribution is -2.55. The first kappa shape index (κ1) is 13.0. The molecule has 0 fully saturated rings. The second kappa shape index (κ2) is 4.04. The summed E-state index contributed by atoms with van der Waals surface area (Å²) < 4.78 is 0. The van der Waals surface area contributed by atoms with E-state index in [-0.39, 0.29) is 11.2 Å². The van der Waals surface area contributed by atoms with Crippen molar-refractivity contribution in [2.24, 2.45) is 0 Å². The van der Waals surface area contributed by atoms with Gasteiger partial charge in [0.25, 0.3) is 0 Å². The third kappa shape index (κ3) is 2.00. The van der Waals surface area contributed by atoms with E-state index in [0.717, 1.165) is 0 Å². The van der Waals surface area contributed by atoms with E-state index < -0.39 is 0 Å². The quantitative estimate of drug-likeness (QED) is 0.733. The second-order valence-electron chi connectivity index (χ2n) is 6.49. The highest BCUT2D eigenvalue weighted by molar-refractivity contribution is 5.58. The smallest absolute Gasteiger partial charge is 0.111 e. The number of anilines is 1. The minimum atomic E-state index is -0.0373. The summed E-state index contributed by atoms with van der Waals surface area (Å²) in [6, 6.07) is 8.55. The Labute approximate surface area is 111 Å². The Hall–Kier alpha value is -1.44. The Morgan fingerprint density at radius 2 is 1.61 bits per heavy atom. The van der Waals surface area contributed by atoms with Gasteiger partial charge in [0.1, 0.15) is 5.66 Å². The Morgan fingerprint density at radius 1 is 1.00 bits per heavy atom. The lowest BCUT2D eigenvalue weighted by atomic mass is 10.0. The number of nitrogens with zero attached hydrogens (tertiary/aromatic N) is 2. The average Bonchev–Trinajstić information content (AvgIpc) is 2.54. The third-order valence-electron chi connectivity index (χ3n) is 3.64. The van der Waals surface area contributed by atoms with Crippen molar-refractivity contribution in [1.82, 2.24) is 4.90 Å². The van der Waals surface area contributed by atoms with Crippen molar-refractivity contribution in [2.75, 3.05) is 4.90 Å². The molecule has 0 amide bonds. The zero-order chi connectivity index (χ0) is 13.6. The number of benzene rings is 1. The molecule has 1 aromatic carbocycles. The summed E-state index contributed by atoms with van der Waals surface area (Å²) in [6.45, 7) is 13.5. The van der Waals surface area contributed by atoms with Crippen LogP contribution >= 0.6 is 0 Å². The first-order chi connectivity index (χ1) is 8.24. The summed E-state index contributed by atoms with van der Waals surface area (Å²) in [5, 5.41) is 0. The van der Waals surface area contributed by atoms with E-state index in [1.165, 1.54) is 11.3 Å². The van der Waals surface area contributed by atoms with E-state index in [1.807, 2.05) is 0 Å². The van der Waals surface area contributed by atoms with E-state index in [0.29, 0.717) is 0 Å². The standard InChI is InChI=1S/C16H24N2/c1-13-9-7-8-10-14(13)17-11-12-18(15(2,3)4)16(17,5)6/h7-12H,1-6H3. The largest absolute Gasteiger partial charge is 0.349 e. The van der Waals surface area contributed by atoms with Crippen LogP contribution in [0.25, 0.3) is 0 Å². The number of rotatable bonds is 1. The van der Waals surface area contributed by atoms with Gasteiger partial charge in [-0.1, -0.05) is 18.2 Å². The van der Waals surface area contributed by atoms with E-state index in [9.17, 15) is 0 Å². The molecule has 0 aromatic heterocycles. The first-order valence-corrected chi connectivity index (χ1v) is 6.57. The van der Waals surface area contributed by atoms with Crippen LogP contribution < -0.4 is 4.90 Å². The van der Waals surface area contributed by atoms with Crippen LogP contribution in [-0.2, 0) is 0 Å². The topological polar surface area (TPSA) is 6.48 Å². The molecule has 0 spiro atoms. The number of aryl methyl sites for hydroxylation is 1. The lowest BCUT2D eigenvalue weighted by Gasteiger charge is -2.47. The van der Waals surface area contributed by atoms with Crippen molar-refractivity contribution in [2.45, 2.75) is 52.7 Å². The molecule has 1 aromatic rings. The summed E-state index contributed by atoms with van der Waals surface area (Å²) in [4.78, 5) is 4.76. The minimum Gasteiger partial charge on any atom is -0.349 e. The van der Waals surface area contributed by atoms with Gasteiger partial charge in [0.05, 0.1) is 0 Å². The van der Waals surface area contributed by atoms with Gasteiger partial charge >= 0.3 is 0 Å². The molecular weight excluding hydrogens is 220 g/mol. The van der Waals surface area contributed by atoms with E-state index in [2.05, 4.69) is 88.0 Å². The highest BCUT2D eigenvalue weighted by atomic mass is 15.4. The van der Waals surface area contributed by atoms with Crippen molar-refractivity contribution in [3.05, 3.63) is 42.2 Å². The monoisotopic (exact) mass is 244 g/mol. The molecule has 18 heavy (non-hydrogen) atoms. The van der Waals surface area contributed by atoms with Gasteiger partial charge in [-0.15, -0.1) is 0 Å². The molecule has 0 unspecified atom stereocenters. The zero-order valence-electron chi connectivity index (χ0n) is 12.4. The summed E-state index contributed by atoms with van der Waals surface area (Å²) >= 11 is 0. The van der Waals surface area contributed by atoms with Gasteiger partial charge in [-0.2, -0.15) is 0 Å². The molecule has 0 N–H and O–H groups in total. The van der Waals surface area contributed by atoms with Crippen LogP contribution in [0, 0.1) is 6.92 Å². The van der Waals surface area contributed by atoms with Gasteiger partial charge in [0.15, 0.2) is 0 Å². The van der Waals surface area contributed by atoms with Crippen LogP contribution in [0.4, 0.5) is 5.69 Å². The molecule has 1 aliphatic rings. The average molecular weight is 244 g/mol. The van der Waals surface area contributed by atoms with Crippen molar-refractivity contribution in [3.63, 3.8) is 0 Å². The summed E-state index contributed by atoms with van der Waals surface area (Å²) in [7, 11) is 0. The fourth-order valence-corrected chi connectivity index (χ4v) is 2.87.